The number of ether oxygens (including phenoxy) is 1. The molecule has 0 aliphatic carbocycles. The molecule has 0 saturated heterocycles. The maximum Gasteiger partial charge on any atom is 0.416 e. The largest absolute Gasteiger partial charge is 0.496 e. The minimum Gasteiger partial charge on any atom is -0.496 e. The van der Waals surface area contributed by atoms with Crippen molar-refractivity contribution in [2.75, 3.05) is 7.11 Å². The van der Waals surface area contributed by atoms with Crippen molar-refractivity contribution < 1.29 is 17.9 Å². The molecule has 0 heterocycles. The Balaban J connectivity index is 2.56. The summed E-state index contributed by atoms with van der Waals surface area (Å²) < 4.78 is 43.3. The van der Waals surface area contributed by atoms with E-state index in [-0.39, 0.29) is 0 Å². The molecular weight excluding hydrogens is 253 g/mol. The van der Waals surface area contributed by atoms with Crippen molar-refractivity contribution in [2.45, 2.75) is 13.1 Å². The van der Waals surface area contributed by atoms with E-state index in [0.29, 0.717) is 16.9 Å². The second kappa shape index (κ2) is 4.96. The molecule has 0 fully saturated rings. The average molecular weight is 266 g/mol. The number of rotatable bonds is 2. The first-order valence-corrected chi connectivity index (χ1v) is 5.74. The smallest absolute Gasteiger partial charge is 0.416 e. The quantitative estimate of drug-likeness (QED) is 0.766. The molecule has 1 nitrogen and oxygen atoms in total. The summed E-state index contributed by atoms with van der Waals surface area (Å²) in [5, 5.41) is 0. The van der Waals surface area contributed by atoms with Crippen molar-refractivity contribution in [3.05, 3.63) is 53.6 Å². The molecule has 2 aromatic carbocycles. The normalized spacial score (nSPS) is 11.4. The van der Waals surface area contributed by atoms with E-state index in [4.69, 9.17) is 4.74 Å². The molecule has 0 unspecified atom stereocenters. The molecule has 0 N–H and O–H groups in total. The van der Waals surface area contributed by atoms with Gasteiger partial charge in [-0.15, -0.1) is 0 Å². The monoisotopic (exact) mass is 266 g/mol. The molecule has 0 radical (unpaired) electrons. The second-order valence-electron chi connectivity index (χ2n) is 4.28. The van der Waals surface area contributed by atoms with E-state index in [1.54, 1.807) is 12.1 Å². The van der Waals surface area contributed by atoms with Crippen LogP contribution in [0.3, 0.4) is 0 Å². The van der Waals surface area contributed by atoms with E-state index in [2.05, 4.69) is 0 Å². The zero-order valence-corrected chi connectivity index (χ0v) is 10.6. The van der Waals surface area contributed by atoms with Crippen LogP contribution in [0.2, 0.25) is 0 Å². The maximum atomic E-state index is 12.7. The van der Waals surface area contributed by atoms with Gasteiger partial charge in [0.2, 0.25) is 0 Å². The molecule has 0 saturated carbocycles. The first-order valence-electron chi connectivity index (χ1n) is 5.74. The van der Waals surface area contributed by atoms with Crippen molar-refractivity contribution in [1.82, 2.24) is 0 Å². The van der Waals surface area contributed by atoms with Crippen LogP contribution in [0.15, 0.2) is 42.5 Å². The van der Waals surface area contributed by atoms with Gasteiger partial charge in [-0.05, 0) is 36.8 Å². The first kappa shape index (κ1) is 13.5. The zero-order valence-electron chi connectivity index (χ0n) is 10.6. The summed E-state index contributed by atoms with van der Waals surface area (Å²) in [7, 11) is 1.50. The van der Waals surface area contributed by atoms with E-state index >= 15 is 0 Å². The first-order chi connectivity index (χ1) is 8.91. The lowest BCUT2D eigenvalue weighted by Gasteiger charge is -2.12. The van der Waals surface area contributed by atoms with Gasteiger partial charge in [0.05, 0.1) is 12.7 Å². The lowest BCUT2D eigenvalue weighted by atomic mass is 10.00. The third kappa shape index (κ3) is 2.89. The Morgan fingerprint density at radius 2 is 1.74 bits per heavy atom. The average Bonchev–Trinajstić information content (AvgIpc) is 2.38. The van der Waals surface area contributed by atoms with Crippen molar-refractivity contribution in [2.24, 2.45) is 0 Å². The van der Waals surface area contributed by atoms with Crippen LogP contribution in [0.25, 0.3) is 11.1 Å². The van der Waals surface area contributed by atoms with Gasteiger partial charge in [-0.2, -0.15) is 13.2 Å². The Morgan fingerprint density at radius 3 is 2.37 bits per heavy atom. The van der Waals surface area contributed by atoms with Crippen LogP contribution in [0.4, 0.5) is 13.2 Å². The van der Waals surface area contributed by atoms with Crippen molar-refractivity contribution in [3.8, 4) is 16.9 Å². The molecule has 0 aliphatic rings. The standard InChI is InChI=1S/C15H13F3O/c1-10-6-7-14(19-2)13(8-10)11-4-3-5-12(9-11)15(16,17)18/h3-9H,1-2H3. The SMILES string of the molecule is COc1ccc(C)cc1-c1cccc(C(F)(F)F)c1. The number of hydrogen-bond donors (Lipinski definition) is 0. The Kier molecular flexibility index (Phi) is 3.51. The van der Waals surface area contributed by atoms with Crippen LogP contribution < -0.4 is 4.74 Å². The van der Waals surface area contributed by atoms with Crippen molar-refractivity contribution in [3.63, 3.8) is 0 Å². The highest BCUT2D eigenvalue weighted by molar-refractivity contribution is 5.71. The van der Waals surface area contributed by atoms with Gasteiger partial charge >= 0.3 is 6.18 Å². The van der Waals surface area contributed by atoms with Gasteiger partial charge in [0, 0.05) is 5.56 Å². The molecule has 0 amide bonds. The minimum atomic E-state index is -4.34. The number of alkyl halides is 3. The van der Waals surface area contributed by atoms with E-state index in [9.17, 15) is 13.2 Å². The van der Waals surface area contributed by atoms with E-state index in [1.807, 2.05) is 19.1 Å². The summed E-state index contributed by atoms with van der Waals surface area (Å²) in [5.74, 6) is 0.560. The Morgan fingerprint density at radius 1 is 1.00 bits per heavy atom. The van der Waals surface area contributed by atoms with Crippen LogP contribution in [0.5, 0.6) is 5.75 Å². The predicted molar refractivity (Wildman–Crippen MR) is 68.2 cm³/mol. The summed E-state index contributed by atoms with van der Waals surface area (Å²) in [6.07, 6.45) is -4.34. The lowest BCUT2D eigenvalue weighted by molar-refractivity contribution is -0.137. The van der Waals surface area contributed by atoms with Gasteiger partial charge in [0.15, 0.2) is 0 Å². The van der Waals surface area contributed by atoms with Gasteiger partial charge in [0.1, 0.15) is 5.75 Å². The van der Waals surface area contributed by atoms with Gasteiger partial charge in [-0.25, -0.2) is 0 Å². The predicted octanol–water partition coefficient (Wildman–Crippen LogP) is 4.69. The van der Waals surface area contributed by atoms with Gasteiger partial charge in [0.25, 0.3) is 0 Å². The summed E-state index contributed by atoms with van der Waals surface area (Å²) in [6.45, 7) is 1.89. The van der Waals surface area contributed by atoms with Gasteiger partial charge < -0.3 is 4.74 Å². The van der Waals surface area contributed by atoms with Crippen LogP contribution >= 0.6 is 0 Å². The fourth-order valence-electron chi connectivity index (χ4n) is 1.91. The zero-order chi connectivity index (χ0) is 14.0. The Hall–Kier alpha value is -1.97. The Bertz CT molecular complexity index is 588. The van der Waals surface area contributed by atoms with Crippen LogP contribution in [0.1, 0.15) is 11.1 Å². The fourth-order valence-corrected chi connectivity index (χ4v) is 1.91. The molecular formula is C15H13F3O. The number of aryl methyl sites for hydroxylation is 1. The molecule has 0 aliphatic heterocycles. The van der Waals surface area contributed by atoms with Crippen molar-refractivity contribution >= 4 is 0 Å². The molecule has 0 aromatic heterocycles. The molecule has 0 atom stereocenters. The Labute approximate surface area is 109 Å². The fraction of sp³-hybridized carbons (Fsp3) is 0.200. The summed E-state index contributed by atoms with van der Waals surface area (Å²) >= 11 is 0. The number of methoxy groups -OCH3 is 1. The molecule has 19 heavy (non-hydrogen) atoms. The molecule has 100 valence electrons. The number of benzene rings is 2. The minimum absolute atomic E-state index is 0.496. The molecule has 4 heteroatoms. The highest BCUT2D eigenvalue weighted by Crippen LogP contribution is 2.35. The highest BCUT2D eigenvalue weighted by atomic mass is 19.4. The van der Waals surface area contributed by atoms with Crippen LogP contribution in [-0.2, 0) is 6.18 Å². The summed E-state index contributed by atoms with van der Waals surface area (Å²) in [5.41, 5.74) is 1.46. The molecule has 2 rings (SSSR count). The van der Waals surface area contributed by atoms with E-state index in [1.165, 1.54) is 13.2 Å². The van der Waals surface area contributed by atoms with E-state index < -0.39 is 11.7 Å². The van der Waals surface area contributed by atoms with Crippen LogP contribution in [-0.4, -0.2) is 7.11 Å². The number of hydrogen-bond acceptors (Lipinski definition) is 1. The molecule has 0 bridgehead atoms. The van der Waals surface area contributed by atoms with Gasteiger partial charge in [-0.1, -0.05) is 23.8 Å². The summed E-state index contributed by atoms with van der Waals surface area (Å²) in [4.78, 5) is 0. The lowest BCUT2D eigenvalue weighted by Crippen LogP contribution is -2.04. The van der Waals surface area contributed by atoms with Crippen molar-refractivity contribution in [1.29, 1.82) is 0 Å². The number of halogens is 3. The maximum absolute atomic E-state index is 12.7. The second-order valence-corrected chi connectivity index (χ2v) is 4.28. The third-order valence-electron chi connectivity index (χ3n) is 2.86. The van der Waals surface area contributed by atoms with Gasteiger partial charge in [-0.3, -0.25) is 0 Å². The topological polar surface area (TPSA) is 9.23 Å². The summed E-state index contributed by atoms with van der Waals surface area (Å²) in [6, 6.07) is 10.7. The molecule has 2 aromatic rings. The van der Waals surface area contributed by atoms with E-state index in [0.717, 1.165) is 17.7 Å². The van der Waals surface area contributed by atoms with Crippen LogP contribution in [0, 0.1) is 6.92 Å². The molecule has 0 spiro atoms. The highest BCUT2D eigenvalue weighted by Gasteiger charge is 2.30. The third-order valence-corrected chi connectivity index (χ3v) is 2.86.